The molecule has 0 aliphatic carbocycles. The van der Waals surface area contributed by atoms with Gasteiger partial charge in [0.05, 0.1) is 18.5 Å². The molecule has 5 heteroatoms. The summed E-state index contributed by atoms with van der Waals surface area (Å²) in [7, 11) is 0. The molecule has 0 bridgehead atoms. The van der Waals surface area contributed by atoms with Crippen molar-refractivity contribution in [3.63, 3.8) is 0 Å². The van der Waals surface area contributed by atoms with Gasteiger partial charge in [-0.2, -0.15) is 12.6 Å². The first-order valence-electron chi connectivity index (χ1n) is 5.91. The summed E-state index contributed by atoms with van der Waals surface area (Å²) < 4.78 is 0. The van der Waals surface area contributed by atoms with Crippen LogP contribution < -0.4 is 0 Å². The molecule has 0 aliphatic rings. The number of hydrogen-bond acceptors (Lipinski definition) is 4. The summed E-state index contributed by atoms with van der Waals surface area (Å²) >= 11 is 4.31. The van der Waals surface area contributed by atoms with Crippen LogP contribution in [0.1, 0.15) is 5.56 Å². The van der Waals surface area contributed by atoms with E-state index >= 15 is 0 Å². The van der Waals surface area contributed by atoms with Gasteiger partial charge in [-0.3, -0.25) is 4.79 Å². The maximum absolute atomic E-state index is 12.1. The van der Waals surface area contributed by atoms with Crippen molar-refractivity contribution in [1.82, 2.24) is 4.90 Å². The van der Waals surface area contributed by atoms with Crippen molar-refractivity contribution >= 4 is 18.5 Å². The third kappa shape index (κ3) is 4.68. The number of amides is 1. The molecule has 1 atom stereocenters. The van der Waals surface area contributed by atoms with E-state index in [0.29, 0.717) is 6.42 Å². The molecule has 0 aromatic heterocycles. The third-order valence-electron chi connectivity index (χ3n) is 2.61. The number of hydrogen-bond donors (Lipinski definition) is 3. The minimum absolute atomic E-state index is 0.114. The van der Waals surface area contributed by atoms with Crippen LogP contribution >= 0.6 is 12.6 Å². The van der Waals surface area contributed by atoms with Gasteiger partial charge in [0.2, 0.25) is 5.91 Å². The predicted octanol–water partition coefficient (Wildman–Crippen LogP) is 0.341. The highest BCUT2D eigenvalue weighted by Crippen LogP contribution is 2.10. The molecule has 18 heavy (non-hydrogen) atoms. The Balaban J connectivity index is 2.58. The van der Waals surface area contributed by atoms with E-state index in [9.17, 15) is 4.79 Å². The maximum Gasteiger partial charge on any atom is 0.235 e. The van der Waals surface area contributed by atoms with Crippen molar-refractivity contribution in [2.24, 2.45) is 0 Å². The fourth-order valence-corrected chi connectivity index (χ4v) is 2.08. The topological polar surface area (TPSA) is 60.8 Å². The SMILES string of the molecule is O=C(C(S)Cc1ccccc1)N(CCO)CCO. The lowest BCUT2D eigenvalue weighted by Crippen LogP contribution is -2.41. The first-order chi connectivity index (χ1) is 8.69. The minimum atomic E-state index is -0.453. The van der Waals surface area contributed by atoms with Crippen LogP contribution in [0.15, 0.2) is 30.3 Å². The van der Waals surface area contributed by atoms with Crippen molar-refractivity contribution in [3.05, 3.63) is 35.9 Å². The van der Waals surface area contributed by atoms with Crippen molar-refractivity contribution in [2.45, 2.75) is 11.7 Å². The first kappa shape index (κ1) is 15.0. The maximum atomic E-state index is 12.1. The number of carbonyl (C=O) groups excluding carboxylic acids is 1. The van der Waals surface area contributed by atoms with Gasteiger partial charge in [-0.1, -0.05) is 30.3 Å². The molecule has 1 aromatic rings. The molecule has 2 N–H and O–H groups in total. The van der Waals surface area contributed by atoms with Gasteiger partial charge >= 0.3 is 0 Å². The highest BCUT2D eigenvalue weighted by atomic mass is 32.1. The number of thiol groups is 1. The van der Waals surface area contributed by atoms with E-state index in [4.69, 9.17) is 10.2 Å². The van der Waals surface area contributed by atoms with Crippen molar-refractivity contribution in [3.8, 4) is 0 Å². The Hall–Kier alpha value is -1.04. The lowest BCUT2D eigenvalue weighted by Gasteiger charge is -2.23. The van der Waals surface area contributed by atoms with Crippen LogP contribution in [0, 0.1) is 0 Å². The Morgan fingerprint density at radius 3 is 2.22 bits per heavy atom. The van der Waals surface area contributed by atoms with Crippen molar-refractivity contribution < 1.29 is 15.0 Å². The molecule has 100 valence electrons. The third-order valence-corrected chi connectivity index (χ3v) is 3.01. The average Bonchev–Trinajstić information content (AvgIpc) is 2.39. The standard InChI is InChI=1S/C13H19NO3S/c15-8-6-14(7-9-16)13(17)12(18)10-11-4-2-1-3-5-11/h1-5,12,15-16,18H,6-10H2. The summed E-state index contributed by atoms with van der Waals surface area (Å²) in [4.78, 5) is 13.5. The van der Waals surface area contributed by atoms with Gasteiger partial charge < -0.3 is 15.1 Å². The van der Waals surface area contributed by atoms with Crippen molar-refractivity contribution in [1.29, 1.82) is 0 Å². The largest absolute Gasteiger partial charge is 0.395 e. The number of aliphatic hydroxyl groups excluding tert-OH is 2. The molecule has 1 aromatic carbocycles. The van der Waals surface area contributed by atoms with E-state index in [1.54, 1.807) is 0 Å². The van der Waals surface area contributed by atoms with Gasteiger partial charge in [0, 0.05) is 13.1 Å². The zero-order valence-electron chi connectivity index (χ0n) is 10.2. The van der Waals surface area contributed by atoms with Crippen LogP contribution in [-0.2, 0) is 11.2 Å². The van der Waals surface area contributed by atoms with Crippen LogP contribution in [0.4, 0.5) is 0 Å². The van der Waals surface area contributed by atoms with Gasteiger partial charge in [0.15, 0.2) is 0 Å². The van der Waals surface area contributed by atoms with Gasteiger partial charge in [-0.25, -0.2) is 0 Å². The number of rotatable bonds is 7. The number of benzene rings is 1. The monoisotopic (exact) mass is 269 g/mol. The van der Waals surface area contributed by atoms with Gasteiger partial charge in [-0.15, -0.1) is 0 Å². The molecule has 0 aliphatic heterocycles. The average molecular weight is 269 g/mol. The summed E-state index contributed by atoms with van der Waals surface area (Å²) in [6.45, 7) is 0.228. The van der Waals surface area contributed by atoms with E-state index < -0.39 is 5.25 Å². The lowest BCUT2D eigenvalue weighted by atomic mass is 10.1. The Labute approximate surface area is 113 Å². The zero-order valence-corrected chi connectivity index (χ0v) is 11.1. The quantitative estimate of drug-likeness (QED) is 0.626. The Kier molecular flexibility index (Phi) is 6.78. The van der Waals surface area contributed by atoms with E-state index in [1.807, 2.05) is 30.3 Å². The van der Waals surface area contributed by atoms with Crippen LogP contribution in [0.2, 0.25) is 0 Å². The van der Waals surface area contributed by atoms with Crippen molar-refractivity contribution in [2.75, 3.05) is 26.3 Å². The normalized spacial score (nSPS) is 12.2. The molecule has 0 saturated carbocycles. The fourth-order valence-electron chi connectivity index (χ4n) is 1.71. The minimum Gasteiger partial charge on any atom is -0.395 e. The molecule has 1 unspecified atom stereocenters. The summed E-state index contributed by atoms with van der Waals surface area (Å²) in [6.07, 6.45) is 0.538. The molecular formula is C13H19NO3S. The summed E-state index contributed by atoms with van der Waals surface area (Å²) in [5.41, 5.74) is 1.04. The molecular weight excluding hydrogens is 250 g/mol. The van der Waals surface area contributed by atoms with Crippen LogP contribution in [0.5, 0.6) is 0 Å². The summed E-state index contributed by atoms with van der Waals surface area (Å²) in [5, 5.41) is 17.3. The fraction of sp³-hybridized carbons (Fsp3) is 0.462. The van der Waals surface area contributed by atoms with Gasteiger partial charge in [0.25, 0.3) is 0 Å². The van der Waals surface area contributed by atoms with Crippen LogP contribution in [0.25, 0.3) is 0 Å². The first-order valence-corrected chi connectivity index (χ1v) is 6.43. The number of aliphatic hydroxyl groups is 2. The Morgan fingerprint density at radius 1 is 1.17 bits per heavy atom. The molecule has 4 nitrogen and oxygen atoms in total. The molecule has 0 radical (unpaired) electrons. The second-order valence-corrected chi connectivity index (χ2v) is 4.60. The van der Waals surface area contributed by atoms with Gasteiger partial charge in [-0.05, 0) is 12.0 Å². The molecule has 1 amide bonds. The predicted molar refractivity (Wildman–Crippen MR) is 73.7 cm³/mol. The second-order valence-electron chi connectivity index (χ2n) is 3.98. The number of nitrogens with zero attached hydrogens (tertiary/aromatic N) is 1. The highest BCUT2D eigenvalue weighted by Gasteiger charge is 2.20. The Morgan fingerprint density at radius 2 is 1.72 bits per heavy atom. The second kappa shape index (κ2) is 8.13. The lowest BCUT2D eigenvalue weighted by molar-refractivity contribution is -0.131. The number of carbonyl (C=O) groups is 1. The van der Waals surface area contributed by atoms with E-state index in [0.717, 1.165) is 5.56 Å². The zero-order chi connectivity index (χ0) is 13.4. The molecule has 0 fully saturated rings. The molecule has 0 heterocycles. The van der Waals surface area contributed by atoms with Crippen LogP contribution in [0.3, 0.4) is 0 Å². The molecule has 1 rings (SSSR count). The molecule has 0 spiro atoms. The summed E-state index contributed by atoms with van der Waals surface area (Å²) in [6, 6.07) is 9.64. The van der Waals surface area contributed by atoms with Gasteiger partial charge in [0.1, 0.15) is 0 Å². The van der Waals surface area contributed by atoms with E-state index in [2.05, 4.69) is 12.6 Å². The van der Waals surface area contributed by atoms with E-state index in [1.165, 1.54) is 4.90 Å². The van der Waals surface area contributed by atoms with Crippen LogP contribution in [-0.4, -0.2) is 52.6 Å². The smallest absolute Gasteiger partial charge is 0.235 e. The Bertz CT molecular complexity index is 353. The van der Waals surface area contributed by atoms with E-state index in [-0.39, 0.29) is 32.2 Å². The highest BCUT2D eigenvalue weighted by molar-refractivity contribution is 7.81. The molecule has 0 saturated heterocycles. The summed E-state index contributed by atoms with van der Waals surface area (Å²) in [5.74, 6) is -0.162.